The topological polar surface area (TPSA) is 105 Å². The van der Waals surface area contributed by atoms with Crippen LogP contribution in [0.15, 0.2) is 52.5 Å². The fourth-order valence-electron chi connectivity index (χ4n) is 2.38. The molecule has 0 aliphatic carbocycles. The molecule has 0 unspecified atom stereocenters. The Kier molecular flexibility index (Phi) is 6.59. The normalized spacial score (nSPS) is 11.9. The van der Waals surface area contributed by atoms with E-state index in [1.165, 1.54) is 40.9 Å². The van der Waals surface area contributed by atoms with Gasteiger partial charge in [-0.05, 0) is 18.2 Å². The third-order valence-corrected chi connectivity index (χ3v) is 5.85. The number of hydrogen-bond donors (Lipinski definition) is 1. The average molecular weight is 394 g/mol. The summed E-state index contributed by atoms with van der Waals surface area (Å²) < 4.78 is 39.8. The Labute approximate surface area is 156 Å². The number of hydrazone groups is 1. The van der Waals surface area contributed by atoms with Gasteiger partial charge in [0.05, 0.1) is 16.0 Å². The first-order chi connectivity index (χ1) is 12.8. The summed E-state index contributed by atoms with van der Waals surface area (Å²) in [6.07, 6.45) is 1.18. The summed E-state index contributed by atoms with van der Waals surface area (Å²) in [6.45, 7) is 3.87. The van der Waals surface area contributed by atoms with Gasteiger partial charge in [-0.1, -0.05) is 32.0 Å². The summed E-state index contributed by atoms with van der Waals surface area (Å²) in [5.74, 6) is -0.488. The van der Waals surface area contributed by atoms with Gasteiger partial charge in [0.2, 0.25) is 10.0 Å². The minimum absolute atomic E-state index is 0.00825. The zero-order valence-corrected chi connectivity index (χ0v) is 15.6. The highest BCUT2D eigenvalue weighted by atomic mass is 32.2. The maximum Gasteiger partial charge on any atom is 0.295 e. The second kappa shape index (κ2) is 8.69. The quantitative estimate of drug-likeness (QED) is 0.420. The number of sulfonamides is 1. The van der Waals surface area contributed by atoms with Gasteiger partial charge in [0, 0.05) is 24.7 Å². The standard InChI is InChI=1S/C17H19FN4O4S/c1-3-21(4-2)27(25,26)14-9-10-16(17(11-14)22(23)24)20-19-12-13-7-5-6-8-15(13)18/h5-12,20H,3-4H2,1-2H3/b19-12+. The van der Waals surface area contributed by atoms with Crippen LogP contribution in [0.5, 0.6) is 0 Å². The molecule has 0 fully saturated rings. The molecule has 0 aliphatic rings. The van der Waals surface area contributed by atoms with Gasteiger partial charge in [-0.15, -0.1) is 0 Å². The number of rotatable bonds is 8. The first-order valence-corrected chi connectivity index (χ1v) is 9.57. The second-order valence-electron chi connectivity index (χ2n) is 5.42. The molecule has 0 heterocycles. The number of nitrogens with one attached hydrogen (secondary N) is 1. The number of hydrogen-bond acceptors (Lipinski definition) is 6. The van der Waals surface area contributed by atoms with Crippen molar-refractivity contribution in [3.63, 3.8) is 0 Å². The molecular formula is C17H19FN4O4S. The number of benzene rings is 2. The minimum atomic E-state index is -3.83. The van der Waals surface area contributed by atoms with Crippen molar-refractivity contribution in [2.75, 3.05) is 18.5 Å². The Morgan fingerprint density at radius 1 is 1.22 bits per heavy atom. The largest absolute Gasteiger partial charge is 0.295 e. The lowest BCUT2D eigenvalue weighted by molar-refractivity contribution is -0.384. The van der Waals surface area contributed by atoms with Crippen molar-refractivity contribution in [1.82, 2.24) is 4.31 Å². The Bertz CT molecular complexity index is 959. The molecule has 1 N–H and O–H groups in total. The molecule has 10 heteroatoms. The van der Waals surface area contributed by atoms with E-state index in [0.717, 1.165) is 6.07 Å². The Hall–Kier alpha value is -2.85. The van der Waals surface area contributed by atoms with Crippen LogP contribution in [0.4, 0.5) is 15.8 Å². The molecule has 0 saturated carbocycles. The van der Waals surface area contributed by atoms with Crippen LogP contribution in [0, 0.1) is 15.9 Å². The first-order valence-electron chi connectivity index (χ1n) is 8.13. The zero-order chi connectivity index (χ0) is 20.0. The second-order valence-corrected chi connectivity index (χ2v) is 7.35. The highest BCUT2D eigenvalue weighted by molar-refractivity contribution is 7.89. The van der Waals surface area contributed by atoms with E-state index in [-0.39, 0.29) is 29.2 Å². The van der Waals surface area contributed by atoms with E-state index >= 15 is 0 Å². The monoisotopic (exact) mass is 394 g/mol. The molecule has 0 aliphatic heterocycles. The molecule has 0 spiro atoms. The molecule has 2 aromatic carbocycles. The van der Waals surface area contributed by atoms with Gasteiger partial charge in [-0.3, -0.25) is 15.5 Å². The van der Waals surface area contributed by atoms with E-state index in [1.54, 1.807) is 19.9 Å². The molecule has 144 valence electrons. The number of nitro benzene ring substituents is 1. The van der Waals surface area contributed by atoms with Gasteiger partial charge in [0.25, 0.3) is 5.69 Å². The van der Waals surface area contributed by atoms with E-state index in [9.17, 15) is 22.9 Å². The summed E-state index contributed by atoms with van der Waals surface area (Å²) in [4.78, 5) is 10.5. The van der Waals surface area contributed by atoms with Crippen molar-refractivity contribution in [2.45, 2.75) is 18.7 Å². The van der Waals surface area contributed by atoms with E-state index in [0.29, 0.717) is 0 Å². The summed E-state index contributed by atoms with van der Waals surface area (Å²) >= 11 is 0. The SMILES string of the molecule is CCN(CC)S(=O)(=O)c1ccc(N/N=C/c2ccccc2F)c([N+](=O)[O-])c1. The van der Waals surface area contributed by atoms with Gasteiger partial charge in [-0.25, -0.2) is 12.8 Å². The van der Waals surface area contributed by atoms with Crippen LogP contribution in [0.25, 0.3) is 0 Å². The molecule has 27 heavy (non-hydrogen) atoms. The maximum atomic E-state index is 13.6. The third-order valence-electron chi connectivity index (χ3n) is 3.80. The number of halogens is 1. The van der Waals surface area contributed by atoms with Crippen LogP contribution >= 0.6 is 0 Å². The lowest BCUT2D eigenvalue weighted by atomic mass is 10.2. The molecule has 0 saturated heterocycles. The van der Waals surface area contributed by atoms with Gasteiger partial charge in [0.1, 0.15) is 11.5 Å². The van der Waals surface area contributed by atoms with Crippen LogP contribution in [-0.4, -0.2) is 37.0 Å². The molecule has 2 rings (SSSR count). The van der Waals surface area contributed by atoms with Gasteiger partial charge < -0.3 is 0 Å². The Morgan fingerprint density at radius 3 is 2.48 bits per heavy atom. The summed E-state index contributed by atoms with van der Waals surface area (Å²) in [6, 6.07) is 9.41. The molecule has 0 radical (unpaired) electrons. The Morgan fingerprint density at radius 2 is 1.89 bits per heavy atom. The predicted molar refractivity (Wildman–Crippen MR) is 101 cm³/mol. The van der Waals surface area contributed by atoms with Crippen molar-refractivity contribution < 1.29 is 17.7 Å². The highest BCUT2D eigenvalue weighted by Crippen LogP contribution is 2.29. The zero-order valence-electron chi connectivity index (χ0n) is 14.8. The smallest absolute Gasteiger partial charge is 0.272 e. The van der Waals surface area contributed by atoms with Crippen molar-refractivity contribution in [2.24, 2.45) is 5.10 Å². The fraction of sp³-hybridized carbons (Fsp3) is 0.235. The Balaban J connectivity index is 2.34. The van der Waals surface area contributed by atoms with Crippen molar-refractivity contribution in [1.29, 1.82) is 0 Å². The van der Waals surface area contributed by atoms with Crippen molar-refractivity contribution in [3.8, 4) is 0 Å². The summed E-state index contributed by atoms with van der Waals surface area (Å²) in [5, 5.41) is 15.1. The van der Waals surface area contributed by atoms with Gasteiger partial charge in [0.15, 0.2) is 0 Å². The summed E-state index contributed by atoms with van der Waals surface area (Å²) in [5.41, 5.74) is 2.20. The lowest BCUT2D eigenvalue weighted by Crippen LogP contribution is -2.30. The molecule has 0 atom stereocenters. The van der Waals surface area contributed by atoms with E-state index in [4.69, 9.17) is 0 Å². The molecule has 0 bridgehead atoms. The maximum absolute atomic E-state index is 13.6. The molecular weight excluding hydrogens is 375 g/mol. The van der Waals surface area contributed by atoms with Crippen LogP contribution in [-0.2, 0) is 10.0 Å². The first kappa shape index (κ1) is 20.5. The average Bonchev–Trinajstić information content (AvgIpc) is 2.64. The van der Waals surface area contributed by atoms with Crippen LogP contribution in [0.2, 0.25) is 0 Å². The third kappa shape index (κ3) is 4.66. The number of anilines is 1. The van der Waals surface area contributed by atoms with E-state index in [2.05, 4.69) is 10.5 Å². The highest BCUT2D eigenvalue weighted by Gasteiger charge is 2.25. The van der Waals surface area contributed by atoms with Crippen LogP contribution in [0.1, 0.15) is 19.4 Å². The molecule has 8 nitrogen and oxygen atoms in total. The van der Waals surface area contributed by atoms with Gasteiger partial charge in [-0.2, -0.15) is 9.41 Å². The number of nitrogens with zero attached hydrogens (tertiary/aromatic N) is 3. The molecule has 2 aromatic rings. The predicted octanol–water partition coefficient (Wildman–Crippen LogP) is 3.21. The minimum Gasteiger partial charge on any atom is -0.272 e. The van der Waals surface area contributed by atoms with Crippen molar-refractivity contribution >= 4 is 27.6 Å². The molecule has 0 aromatic heterocycles. The van der Waals surface area contributed by atoms with Crippen molar-refractivity contribution in [3.05, 3.63) is 64.0 Å². The molecule has 0 amide bonds. The lowest BCUT2D eigenvalue weighted by Gasteiger charge is -2.18. The van der Waals surface area contributed by atoms with Crippen LogP contribution < -0.4 is 5.43 Å². The van der Waals surface area contributed by atoms with Gasteiger partial charge >= 0.3 is 0 Å². The number of nitro groups is 1. The summed E-state index contributed by atoms with van der Waals surface area (Å²) in [7, 11) is -3.83. The fourth-order valence-corrected chi connectivity index (χ4v) is 3.86. The van der Waals surface area contributed by atoms with E-state index in [1.807, 2.05) is 0 Å². The van der Waals surface area contributed by atoms with E-state index < -0.39 is 26.5 Å². The van der Waals surface area contributed by atoms with Crippen LogP contribution in [0.3, 0.4) is 0 Å².